The fourth-order valence-electron chi connectivity index (χ4n) is 10.5. The molecule has 0 aromatic carbocycles. The molecule has 36 heteroatoms. The highest BCUT2D eigenvalue weighted by Gasteiger charge is 2.58. The first-order valence-electron chi connectivity index (χ1n) is 26.3. The van der Waals surface area contributed by atoms with Gasteiger partial charge in [0.2, 0.25) is 11.8 Å². The molecule has 0 unspecified atom stereocenters. The van der Waals surface area contributed by atoms with Crippen LogP contribution in [0.15, 0.2) is 0 Å². The van der Waals surface area contributed by atoms with E-state index in [-0.39, 0.29) is 0 Å². The fourth-order valence-corrected chi connectivity index (χ4v) is 10.5. The molecule has 7 aliphatic rings. The third kappa shape index (κ3) is 14.5. The zero-order chi connectivity index (χ0) is 60.5. The summed E-state index contributed by atoms with van der Waals surface area (Å²) in [6, 6.07) is -3.64. The second-order valence-corrected chi connectivity index (χ2v) is 21.1. The summed E-state index contributed by atoms with van der Waals surface area (Å²) in [5.41, 5.74) is 0. The van der Waals surface area contributed by atoms with Crippen LogP contribution in [0.3, 0.4) is 0 Å². The topological polar surface area (TPSA) is 563 Å². The monoisotopic (exact) mass is 1200 g/mol. The maximum Gasteiger partial charge on any atom is 0.217 e. The summed E-state index contributed by atoms with van der Waals surface area (Å²) >= 11 is 0. The number of hydrogen-bond donors (Lipinski definition) is 21. The molecule has 7 fully saturated rings. The maximum atomic E-state index is 13.0. The number of aliphatic hydroxyl groups excluding tert-OH is 19. The molecule has 0 aliphatic carbocycles. The van der Waals surface area contributed by atoms with Gasteiger partial charge in [-0.3, -0.25) is 9.59 Å². The van der Waals surface area contributed by atoms with Crippen LogP contribution in [-0.4, -0.2) is 357 Å². The molecule has 0 spiro atoms. The van der Waals surface area contributed by atoms with Crippen molar-refractivity contribution in [1.29, 1.82) is 0 Å². The summed E-state index contributed by atoms with van der Waals surface area (Å²) in [6.45, 7) is -0.0441. The van der Waals surface area contributed by atoms with Crippen LogP contribution in [-0.2, 0) is 71.2 Å². The Morgan fingerprint density at radius 1 is 0.341 bits per heavy atom. The molecular weight excluding hydrogens is 1120 g/mol. The first kappa shape index (κ1) is 67.2. The van der Waals surface area contributed by atoms with Gasteiger partial charge in [0.1, 0.15) is 159 Å². The van der Waals surface area contributed by atoms with Gasteiger partial charge in [-0.05, 0) is 13.8 Å². The summed E-state index contributed by atoms with van der Waals surface area (Å²) in [4.78, 5) is 25.7. The number of nitrogens with one attached hydrogen (secondary N) is 2. The van der Waals surface area contributed by atoms with E-state index in [9.17, 15) is 107 Å². The summed E-state index contributed by atoms with van der Waals surface area (Å²) in [5, 5.41) is 210. The molecule has 0 radical (unpaired) electrons. The summed E-state index contributed by atoms with van der Waals surface area (Å²) in [7, 11) is 0. The van der Waals surface area contributed by atoms with Gasteiger partial charge < -0.3 is 169 Å². The van der Waals surface area contributed by atoms with E-state index in [0.29, 0.717) is 0 Å². The predicted octanol–water partition coefficient (Wildman–Crippen LogP) is -13.9. The van der Waals surface area contributed by atoms with Crippen molar-refractivity contribution >= 4 is 11.8 Å². The van der Waals surface area contributed by atoms with E-state index in [1.807, 2.05) is 0 Å². The molecule has 476 valence electrons. The SMILES string of the molecule is CC(=O)N[C@@H]1[C@@H](O[C@H]2O[C@@H](C)[C@@H](O)[C@@H](O)[C@@H]2O)[C@H](O[C@@H]2O[C@H](CO)[C@@H](O[C@H]3O[C@H](CO[C@H]4O[C@H](CO)[C@@H](O)[C@H](O)[C@@H]4O)[C@@H](O)[C@H](O[C@@H]4O[C@H](CO)[C@@H](O)[C@H](O)[C@@H]4O)[C@@H]3O)[C@H](O)[C@H]2NC(C)=O)[C@@H](CO[C@@H]2O[C@@H](C)[C@@H](O)[C@@H](O)[C@@H]2O)O[C@H]1O. The molecule has 35 atom stereocenters. The van der Waals surface area contributed by atoms with Gasteiger partial charge in [0.25, 0.3) is 0 Å². The second kappa shape index (κ2) is 28.7. The molecule has 2 amide bonds. The van der Waals surface area contributed by atoms with E-state index in [0.717, 1.165) is 13.8 Å². The van der Waals surface area contributed by atoms with Crippen molar-refractivity contribution in [3.05, 3.63) is 0 Å². The van der Waals surface area contributed by atoms with Crippen molar-refractivity contribution in [2.75, 3.05) is 33.0 Å². The third-order valence-electron chi connectivity index (χ3n) is 15.2. The molecular formula is C46H78N2O34. The number of ether oxygens (including phenoxy) is 13. The van der Waals surface area contributed by atoms with Crippen LogP contribution in [0.2, 0.25) is 0 Å². The minimum atomic E-state index is -2.29. The Morgan fingerprint density at radius 3 is 1.24 bits per heavy atom. The lowest BCUT2D eigenvalue weighted by atomic mass is 9.93. The van der Waals surface area contributed by atoms with Crippen molar-refractivity contribution in [2.24, 2.45) is 0 Å². The number of amides is 2. The molecule has 7 aliphatic heterocycles. The Kier molecular flexibility index (Phi) is 23.5. The smallest absolute Gasteiger partial charge is 0.217 e. The summed E-state index contributed by atoms with van der Waals surface area (Å²) in [6.07, 6.45) is -62.0. The van der Waals surface area contributed by atoms with E-state index >= 15 is 0 Å². The minimum absolute atomic E-state index is 0.826. The van der Waals surface area contributed by atoms with Crippen molar-refractivity contribution in [1.82, 2.24) is 10.6 Å². The van der Waals surface area contributed by atoms with Crippen LogP contribution in [0.5, 0.6) is 0 Å². The van der Waals surface area contributed by atoms with Gasteiger partial charge in [-0.1, -0.05) is 0 Å². The first-order valence-corrected chi connectivity index (χ1v) is 26.3. The van der Waals surface area contributed by atoms with Gasteiger partial charge in [-0.15, -0.1) is 0 Å². The highest BCUT2D eigenvalue weighted by molar-refractivity contribution is 5.73. The quantitative estimate of drug-likeness (QED) is 0.0571. The van der Waals surface area contributed by atoms with Crippen molar-refractivity contribution in [2.45, 2.75) is 243 Å². The predicted molar refractivity (Wildman–Crippen MR) is 252 cm³/mol. The molecule has 36 nitrogen and oxygen atoms in total. The van der Waals surface area contributed by atoms with Gasteiger partial charge in [-0.25, -0.2) is 0 Å². The molecule has 7 heterocycles. The fraction of sp³-hybridized carbons (Fsp3) is 0.957. The molecule has 0 bridgehead atoms. The molecule has 0 saturated carbocycles. The van der Waals surface area contributed by atoms with Gasteiger partial charge >= 0.3 is 0 Å². The first-order chi connectivity index (χ1) is 38.6. The lowest BCUT2D eigenvalue weighted by Gasteiger charge is -2.51. The number of carbonyl (C=O) groups excluding carboxylic acids is 2. The van der Waals surface area contributed by atoms with E-state index in [1.165, 1.54) is 13.8 Å². The summed E-state index contributed by atoms with van der Waals surface area (Å²) < 4.78 is 75.9. The van der Waals surface area contributed by atoms with Crippen LogP contribution in [0.25, 0.3) is 0 Å². The van der Waals surface area contributed by atoms with E-state index < -0.39 is 260 Å². The van der Waals surface area contributed by atoms with Crippen molar-refractivity contribution in [3.8, 4) is 0 Å². The highest BCUT2D eigenvalue weighted by atomic mass is 16.8. The Balaban J connectivity index is 1.21. The van der Waals surface area contributed by atoms with Crippen LogP contribution in [0, 0.1) is 0 Å². The standard InChI is InChI=1S/C46H78N2O34/c1-10-21(54)27(60)31(64)42(72-10)71-9-18-37(38(20(40(69)74-18)48-13(4)53)81-44-33(66)28(61)22(55)11(2)73-44)80-41-19(47-12(3)52)26(59)36(16(7-51)77-41)79-46-35(68)39(82-45-34(67)30(63)24(57)15(6-50)76-45)25(58)17(78-46)8-70-43-32(65)29(62)23(56)14(5-49)75-43/h10-11,14-46,49-51,54-69H,5-9H2,1-4H3,(H,47,52)(H,48,53)/t10-,11-,14+,15+,16+,17+,18+,19+,20+,21+,22+,23+,24+,25+,26+,27+,28+,29-,30-,31-,32-,33-,34-,35-,36+,37+,38+,39-,40+,41-,42+,43-,44+,45-,46+/m0/s1. The zero-order valence-corrected chi connectivity index (χ0v) is 44.4. The van der Waals surface area contributed by atoms with Crippen LogP contribution < -0.4 is 10.6 Å². The highest BCUT2D eigenvalue weighted by Crippen LogP contribution is 2.37. The molecule has 82 heavy (non-hydrogen) atoms. The average Bonchev–Trinajstić information content (AvgIpc) is 2.90. The molecule has 7 rings (SSSR count). The second-order valence-electron chi connectivity index (χ2n) is 21.1. The summed E-state index contributed by atoms with van der Waals surface area (Å²) in [5.74, 6) is -1.73. The number of hydrogen-bond acceptors (Lipinski definition) is 34. The number of rotatable bonds is 19. The zero-order valence-electron chi connectivity index (χ0n) is 44.4. The number of aliphatic hydroxyl groups is 19. The van der Waals surface area contributed by atoms with Gasteiger partial charge in [0, 0.05) is 13.8 Å². The third-order valence-corrected chi connectivity index (χ3v) is 15.2. The van der Waals surface area contributed by atoms with Gasteiger partial charge in [0.15, 0.2) is 44.0 Å². The van der Waals surface area contributed by atoms with E-state index in [4.69, 9.17) is 61.6 Å². The molecule has 21 N–H and O–H groups in total. The number of carbonyl (C=O) groups is 2. The van der Waals surface area contributed by atoms with E-state index in [2.05, 4.69) is 10.6 Å². The Bertz CT molecular complexity index is 2030. The van der Waals surface area contributed by atoms with Crippen LogP contribution >= 0.6 is 0 Å². The lowest BCUT2D eigenvalue weighted by Crippen LogP contribution is -2.71. The maximum absolute atomic E-state index is 13.0. The van der Waals surface area contributed by atoms with Gasteiger partial charge in [0.05, 0.1) is 45.2 Å². The molecule has 0 aromatic heterocycles. The van der Waals surface area contributed by atoms with Crippen LogP contribution in [0.4, 0.5) is 0 Å². The molecule has 0 aromatic rings. The largest absolute Gasteiger partial charge is 0.394 e. The minimum Gasteiger partial charge on any atom is -0.394 e. The molecule has 7 saturated heterocycles. The van der Waals surface area contributed by atoms with Crippen LogP contribution in [0.1, 0.15) is 27.7 Å². The van der Waals surface area contributed by atoms with Crippen molar-refractivity contribution < 1.29 is 168 Å². The normalized spacial score (nSPS) is 51.3. The Hall–Kier alpha value is -2.34. The van der Waals surface area contributed by atoms with Crippen molar-refractivity contribution in [3.63, 3.8) is 0 Å². The lowest BCUT2D eigenvalue weighted by molar-refractivity contribution is -0.388. The Morgan fingerprint density at radius 2 is 0.720 bits per heavy atom. The Labute approximate surface area is 465 Å². The average molecular weight is 1200 g/mol. The van der Waals surface area contributed by atoms with E-state index in [1.54, 1.807) is 0 Å². The van der Waals surface area contributed by atoms with Gasteiger partial charge in [-0.2, -0.15) is 0 Å².